The second-order valence-corrected chi connectivity index (χ2v) is 5.62. The number of hydrogen-bond donors (Lipinski definition) is 0. The quantitative estimate of drug-likeness (QED) is 0.555. The summed E-state index contributed by atoms with van der Waals surface area (Å²) >= 11 is 5.98. The predicted octanol–water partition coefficient (Wildman–Crippen LogP) is 3.69. The van der Waals surface area contributed by atoms with Crippen LogP contribution in [-0.2, 0) is 16.0 Å². The lowest BCUT2D eigenvalue weighted by atomic mass is 9.95. The smallest absolute Gasteiger partial charge is 0.310 e. The van der Waals surface area contributed by atoms with Crippen molar-refractivity contribution in [1.82, 2.24) is 0 Å². The van der Waals surface area contributed by atoms with Crippen molar-refractivity contribution in [3.63, 3.8) is 0 Å². The summed E-state index contributed by atoms with van der Waals surface area (Å²) in [7, 11) is 2.97. The summed E-state index contributed by atoms with van der Waals surface area (Å²) < 4.78 is 15.5. The lowest BCUT2D eigenvalue weighted by Gasteiger charge is -2.14. The number of rotatable bonds is 7. The Balaban J connectivity index is 2.52. The summed E-state index contributed by atoms with van der Waals surface area (Å²) in [5.41, 5.74) is 1.26. The van der Waals surface area contributed by atoms with Crippen LogP contribution < -0.4 is 9.47 Å². The molecule has 0 N–H and O–H groups in total. The van der Waals surface area contributed by atoms with Gasteiger partial charge >= 0.3 is 5.97 Å². The fraction of sp³-hybridized carbons (Fsp3) is 0.263. The maximum atomic E-state index is 12.9. The highest BCUT2D eigenvalue weighted by Gasteiger charge is 2.20. The molecule has 0 aliphatic rings. The maximum absolute atomic E-state index is 12.9. The highest BCUT2D eigenvalue weighted by molar-refractivity contribution is 6.31. The fourth-order valence-corrected chi connectivity index (χ4v) is 2.62. The van der Waals surface area contributed by atoms with Gasteiger partial charge in [0, 0.05) is 16.1 Å². The summed E-state index contributed by atoms with van der Waals surface area (Å²) in [5.74, 6) is 0.155. The van der Waals surface area contributed by atoms with Gasteiger partial charge in [-0.3, -0.25) is 9.59 Å². The summed E-state index contributed by atoms with van der Waals surface area (Å²) in [6.07, 6.45) is -0.0458. The zero-order valence-corrected chi connectivity index (χ0v) is 15.1. The first kappa shape index (κ1) is 18.8. The van der Waals surface area contributed by atoms with Crippen molar-refractivity contribution in [3.05, 3.63) is 58.1 Å². The zero-order valence-electron chi connectivity index (χ0n) is 14.3. The Hall–Kier alpha value is -2.53. The lowest BCUT2D eigenvalue weighted by Crippen LogP contribution is -2.13. The van der Waals surface area contributed by atoms with Crippen LogP contribution in [0.3, 0.4) is 0 Å². The van der Waals surface area contributed by atoms with Crippen LogP contribution in [0.25, 0.3) is 0 Å². The monoisotopic (exact) mass is 362 g/mol. The highest BCUT2D eigenvalue weighted by Crippen LogP contribution is 2.32. The van der Waals surface area contributed by atoms with Crippen molar-refractivity contribution in [2.45, 2.75) is 13.3 Å². The number of hydrogen-bond acceptors (Lipinski definition) is 5. The Morgan fingerprint density at radius 1 is 1.04 bits per heavy atom. The Morgan fingerprint density at radius 3 is 2.32 bits per heavy atom. The Bertz CT molecular complexity index is 785. The first-order valence-corrected chi connectivity index (χ1v) is 8.08. The molecule has 132 valence electrons. The molecule has 0 saturated carbocycles. The Labute approximate surface area is 151 Å². The number of carbonyl (C=O) groups excluding carboxylic acids is 2. The van der Waals surface area contributed by atoms with E-state index >= 15 is 0 Å². The van der Waals surface area contributed by atoms with E-state index in [1.807, 2.05) is 0 Å². The molecule has 0 saturated heterocycles. The van der Waals surface area contributed by atoms with Crippen LogP contribution in [0, 0.1) is 0 Å². The lowest BCUT2D eigenvalue weighted by molar-refractivity contribution is -0.142. The molecule has 0 atom stereocenters. The molecule has 0 unspecified atom stereocenters. The topological polar surface area (TPSA) is 61.8 Å². The molecule has 0 fully saturated rings. The fourth-order valence-electron chi connectivity index (χ4n) is 2.43. The minimum absolute atomic E-state index is 0.0458. The first-order chi connectivity index (χ1) is 12.0. The molecule has 0 radical (unpaired) electrons. The normalized spacial score (nSPS) is 10.2. The Kier molecular flexibility index (Phi) is 6.42. The van der Waals surface area contributed by atoms with E-state index in [1.54, 1.807) is 43.3 Å². The number of carbonyl (C=O) groups is 2. The van der Waals surface area contributed by atoms with Crippen LogP contribution in [0.2, 0.25) is 5.02 Å². The number of benzene rings is 2. The Morgan fingerprint density at radius 2 is 1.72 bits per heavy atom. The van der Waals surface area contributed by atoms with Crippen LogP contribution in [0.4, 0.5) is 0 Å². The summed E-state index contributed by atoms with van der Waals surface area (Å²) in [5, 5.41) is 0.457. The minimum atomic E-state index is -0.421. The second kappa shape index (κ2) is 8.53. The van der Waals surface area contributed by atoms with Gasteiger partial charge in [-0.2, -0.15) is 0 Å². The van der Waals surface area contributed by atoms with Gasteiger partial charge in [0.15, 0.2) is 17.3 Å². The molecular formula is C19H19ClO5. The number of ketones is 1. The summed E-state index contributed by atoms with van der Waals surface area (Å²) in [6.45, 7) is 1.99. The van der Waals surface area contributed by atoms with Crippen molar-refractivity contribution in [2.75, 3.05) is 20.8 Å². The number of halogens is 1. The third-order valence-electron chi connectivity index (χ3n) is 3.58. The van der Waals surface area contributed by atoms with Crippen molar-refractivity contribution in [1.29, 1.82) is 0 Å². The summed E-state index contributed by atoms with van der Waals surface area (Å²) in [6, 6.07) is 9.81. The van der Waals surface area contributed by atoms with E-state index in [1.165, 1.54) is 14.2 Å². The van der Waals surface area contributed by atoms with Crippen LogP contribution in [0.5, 0.6) is 11.5 Å². The van der Waals surface area contributed by atoms with Crippen molar-refractivity contribution in [3.8, 4) is 11.5 Å². The number of esters is 1. The largest absolute Gasteiger partial charge is 0.493 e. The molecule has 0 bridgehead atoms. The van der Waals surface area contributed by atoms with Crippen molar-refractivity contribution >= 4 is 23.4 Å². The molecule has 25 heavy (non-hydrogen) atoms. The van der Waals surface area contributed by atoms with Gasteiger partial charge in [0.25, 0.3) is 0 Å². The molecular weight excluding hydrogens is 344 g/mol. The SMILES string of the molecule is CCOC(=O)Cc1cc(OC)c(OC)cc1C(=O)c1cccc(Cl)c1. The van der Waals surface area contributed by atoms with Crippen molar-refractivity contribution < 1.29 is 23.8 Å². The zero-order chi connectivity index (χ0) is 18.4. The van der Waals surface area contributed by atoms with Gasteiger partial charge in [0.05, 0.1) is 27.2 Å². The first-order valence-electron chi connectivity index (χ1n) is 7.71. The average Bonchev–Trinajstić information content (AvgIpc) is 2.60. The van der Waals surface area contributed by atoms with Gasteiger partial charge in [-0.1, -0.05) is 23.7 Å². The van der Waals surface area contributed by atoms with E-state index in [2.05, 4.69) is 0 Å². The van der Waals surface area contributed by atoms with Crippen molar-refractivity contribution in [2.24, 2.45) is 0 Å². The van der Waals surface area contributed by atoms with Gasteiger partial charge in [-0.15, -0.1) is 0 Å². The minimum Gasteiger partial charge on any atom is -0.493 e. The number of methoxy groups -OCH3 is 2. The molecule has 5 nitrogen and oxygen atoms in total. The standard InChI is InChI=1S/C19H19ClO5/c1-4-25-18(21)10-13-9-16(23-2)17(24-3)11-15(13)19(22)12-6-5-7-14(20)8-12/h5-9,11H,4,10H2,1-3H3. The van der Waals surface area contributed by atoms with Crippen LogP contribution in [-0.4, -0.2) is 32.6 Å². The third kappa shape index (κ3) is 4.51. The van der Waals surface area contributed by atoms with E-state index in [0.717, 1.165) is 0 Å². The summed E-state index contributed by atoms with van der Waals surface area (Å²) in [4.78, 5) is 24.8. The van der Waals surface area contributed by atoms with Gasteiger partial charge in [-0.25, -0.2) is 0 Å². The predicted molar refractivity (Wildman–Crippen MR) is 94.8 cm³/mol. The molecule has 0 spiro atoms. The molecule has 0 heterocycles. The molecule has 0 aliphatic heterocycles. The van der Waals surface area contributed by atoms with Crippen LogP contribution in [0.1, 0.15) is 28.4 Å². The van der Waals surface area contributed by atoms with Gasteiger partial charge in [0.2, 0.25) is 0 Å². The van der Waals surface area contributed by atoms with E-state index in [0.29, 0.717) is 33.2 Å². The molecule has 0 amide bonds. The second-order valence-electron chi connectivity index (χ2n) is 5.19. The average molecular weight is 363 g/mol. The van der Waals surface area contributed by atoms with E-state index in [-0.39, 0.29) is 18.8 Å². The van der Waals surface area contributed by atoms with Crippen LogP contribution >= 0.6 is 11.6 Å². The van der Waals surface area contributed by atoms with Gasteiger partial charge in [-0.05, 0) is 36.8 Å². The number of ether oxygens (including phenoxy) is 3. The van der Waals surface area contributed by atoms with Crippen LogP contribution in [0.15, 0.2) is 36.4 Å². The third-order valence-corrected chi connectivity index (χ3v) is 3.82. The molecule has 0 aliphatic carbocycles. The van der Waals surface area contributed by atoms with Gasteiger partial charge in [0.1, 0.15) is 0 Å². The molecule has 2 aromatic rings. The molecule has 0 aromatic heterocycles. The molecule has 2 aromatic carbocycles. The van der Waals surface area contributed by atoms with E-state index in [9.17, 15) is 9.59 Å². The highest BCUT2D eigenvalue weighted by atomic mass is 35.5. The van der Waals surface area contributed by atoms with Gasteiger partial charge < -0.3 is 14.2 Å². The van der Waals surface area contributed by atoms with E-state index < -0.39 is 5.97 Å². The molecule has 6 heteroatoms. The maximum Gasteiger partial charge on any atom is 0.310 e. The van der Waals surface area contributed by atoms with E-state index in [4.69, 9.17) is 25.8 Å². The molecule has 2 rings (SSSR count).